The number of hydrogen-bond acceptors (Lipinski definition) is 5. The maximum absolute atomic E-state index is 13.0. The van der Waals surface area contributed by atoms with E-state index in [1.54, 1.807) is 0 Å². The molecule has 53 heavy (non-hydrogen) atoms. The van der Waals surface area contributed by atoms with Gasteiger partial charge in [-0.25, -0.2) is 0 Å². The Labute approximate surface area is 332 Å². The van der Waals surface area contributed by atoms with Gasteiger partial charge in [-0.05, 0) is 85.2 Å². The minimum absolute atomic E-state index is 0.0672. The van der Waals surface area contributed by atoms with Crippen LogP contribution in [0.5, 0.6) is 0 Å². The lowest BCUT2D eigenvalue weighted by Crippen LogP contribution is -2.42. The molecule has 0 heterocycles. The number of carbonyl (C=O) groups excluding carboxylic acids is 2. The molecular formula is C48H95NO4. The Morgan fingerprint density at radius 1 is 0.396 bits per heavy atom. The van der Waals surface area contributed by atoms with Gasteiger partial charge in [0.15, 0.2) is 0 Å². The molecule has 0 aliphatic carbocycles. The smallest absolute Gasteiger partial charge is 0.308 e. The summed E-state index contributed by atoms with van der Waals surface area (Å²) < 4.78 is 11.7. The van der Waals surface area contributed by atoms with E-state index in [9.17, 15) is 9.59 Å². The van der Waals surface area contributed by atoms with Crippen molar-refractivity contribution in [2.75, 3.05) is 26.3 Å². The van der Waals surface area contributed by atoms with Gasteiger partial charge in [0.2, 0.25) is 0 Å². The average molecular weight is 750 g/mol. The summed E-state index contributed by atoms with van der Waals surface area (Å²) in [6, 6.07) is 0. The third kappa shape index (κ3) is 32.8. The molecule has 0 saturated heterocycles. The number of carbonyl (C=O) groups is 2. The summed E-state index contributed by atoms with van der Waals surface area (Å²) in [6.45, 7) is 19.4. The first-order chi connectivity index (χ1) is 25.7. The van der Waals surface area contributed by atoms with Gasteiger partial charge < -0.3 is 9.47 Å². The second-order valence-corrected chi connectivity index (χ2v) is 17.5. The van der Waals surface area contributed by atoms with Crippen molar-refractivity contribution in [3.63, 3.8) is 0 Å². The number of unbranched alkanes of at least 4 members (excludes halogenated alkanes) is 22. The number of rotatable bonds is 40. The second kappa shape index (κ2) is 37.8. The third-order valence-electron chi connectivity index (χ3n) is 11.4. The maximum atomic E-state index is 13.0. The van der Waals surface area contributed by atoms with Crippen LogP contribution in [0.3, 0.4) is 0 Å². The summed E-state index contributed by atoms with van der Waals surface area (Å²) in [5.74, 6) is 0.339. The van der Waals surface area contributed by atoms with E-state index in [0.717, 1.165) is 90.1 Å². The average Bonchev–Trinajstić information content (AvgIpc) is 3.13. The molecule has 0 amide bonds. The van der Waals surface area contributed by atoms with Crippen molar-refractivity contribution in [3.05, 3.63) is 0 Å². The van der Waals surface area contributed by atoms with Gasteiger partial charge in [-0.1, -0.05) is 182 Å². The molecule has 0 radical (unpaired) electrons. The zero-order valence-electron chi connectivity index (χ0n) is 37.2. The predicted octanol–water partition coefficient (Wildman–Crippen LogP) is 15.0. The summed E-state index contributed by atoms with van der Waals surface area (Å²) in [5.41, 5.74) is 0.162. The Kier molecular flexibility index (Phi) is 37.0. The predicted molar refractivity (Wildman–Crippen MR) is 231 cm³/mol. The largest absolute Gasteiger partial charge is 0.465 e. The summed E-state index contributed by atoms with van der Waals surface area (Å²) >= 11 is 0. The van der Waals surface area contributed by atoms with Gasteiger partial charge in [0.05, 0.1) is 25.0 Å². The van der Waals surface area contributed by atoms with Crippen LogP contribution in [-0.2, 0) is 19.1 Å². The molecule has 0 spiro atoms. The molecule has 0 fully saturated rings. The fourth-order valence-corrected chi connectivity index (χ4v) is 7.62. The zero-order valence-corrected chi connectivity index (χ0v) is 37.2. The van der Waals surface area contributed by atoms with Crippen LogP contribution in [0.1, 0.15) is 254 Å². The van der Waals surface area contributed by atoms with Crippen LogP contribution >= 0.6 is 0 Å². The van der Waals surface area contributed by atoms with E-state index in [2.05, 4.69) is 53.4 Å². The molecule has 0 saturated carbocycles. The van der Waals surface area contributed by atoms with E-state index in [0.29, 0.717) is 13.2 Å². The lowest BCUT2D eigenvalue weighted by atomic mass is 9.94. The van der Waals surface area contributed by atoms with Crippen molar-refractivity contribution in [2.45, 2.75) is 259 Å². The highest BCUT2D eigenvalue weighted by molar-refractivity contribution is 5.72. The van der Waals surface area contributed by atoms with Gasteiger partial charge in [0.1, 0.15) is 0 Å². The topological polar surface area (TPSA) is 55.8 Å². The van der Waals surface area contributed by atoms with Crippen molar-refractivity contribution >= 4 is 11.9 Å². The van der Waals surface area contributed by atoms with Crippen LogP contribution in [0.15, 0.2) is 0 Å². The highest BCUT2D eigenvalue weighted by atomic mass is 16.5. The van der Waals surface area contributed by atoms with E-state index >= 15 is 0 Å². The molecule has 0 rings (SSSR count). The van der Waals surface area contributed by atoms with Crippen LogP contribution < -0.4 is 0 Å². The van der Waals surface area contributed by atoms with Crippen molar-refractivity contribution < 1.29 is 19.1 Å². The molecule has 0 aromatic carbocycles. The Bertz CT molecular complexity index is 735. The highest BCUT2D eigenvalue weighted by Crippen LogP contribution is 2.23. The fraction of sp³-hybridized carbons (Fsp3) is 0.958. The van der Waals surface area contributed by atoms with E-state index in [-0.39, 0.29) is 29.3 Å². The van der Waals surface area contributed by atoms with Crippen molar-refractivity contribution in [3.8, 4) is 0 Å². The number of nitrogens with zero attached hydrogens (tertiary/aromatic N) is 1. The molecule has 5 heteroatoms. The molecule has 0 aromatic heterocycles. The number of esters is 2. The molecule has 0 aliphatic heterocycles. The van der Waals surface area contributed by atoms with Crippen molar-refractivity contribution in [2.24, 2.45) is 11.8 Å². The van der Waals surface area contributed by atoms with Crippen LogP contribution in [0.25, 0.3) is 0 Å². The molecule has 0 bridgehead atoms. The van der Waals surface area contributed by atoms with E-state index in [4.69, 9.17) is 9.47 Å². The lowest BCUT2D eigenvalue weighted by Gasteiger charge is -2.36. The first-order valence-electron chi connectivity index (χ1n) is 23.8. The second-order valence-electron chi connectivity index (χ2n) is 17.5. The fourth-order valence-electron chi connectivity index (χ4n) is 7.62. The summed E-state index contributed by atoms with van der Waals surface area (Å²) in [7, 11) is 0. The number of ether oxygens (including phenoxy) is 2. The molecule has 316 valence electrons. The maximum Gasteiger partial charge on any atom is 0.308 e. The Hall–Kier alpha value is -1.10. The third-order valence-corrected chi connectivity index (χ3v) is 11.4. The summed E-state index contributed by atoms with van der Waals surface area (Å²) in [5, 5.41) is 0. The quantitative estimate of drug-likeness (QED) is 0.0461. The van der Waals surface area contributed by atoms with Gasteiger partial charge in [0, 0.05) is 5.54 Å². The van der Waals surface area contributed by atoms with E-state index in [1.807, 2.05) is 0 Å². The van der Waals surface area contributed by atoms with Crippen LogP contribution in [-0.4, -0.2) is 48.7 Å². The zero-order chi connectivity index (χ0) is 39.3. The standard InChI is InChI=1S/C48H95NO4/c1-8-12-16-20-22-30-38-44(36-28-18-14-10-3)46(50)52-42-34-26-24-32-40-49(48(5,6)7)41-33-25-27-35-43-53-47(51)45(37-29-19-15-11-4)39-31-23-21-17-13-9-2/h44-45H,8-43H2,1-7H3. The Balaban J connectivity index is 4.33. The number of hydrogen-bond donors (Lipinski definition) is 0. The SMILES string of the molecule is CCCCCCCCC(CCCCCC)C(=O)OCCCCCCN(CCCCCCOC(=O)C(CCCCCC)CCCCCCCC)C(C)(C)C. The summed E-state index contributed by atoms with van der Waals surface area (Å²) in [6.07, 6.45) is 38.1. The Morgan fingerprint density at radius 3 is 0.981 bits per heavy atom. The molecule has 0 aromatic rings. The van der Waals surface area contributed by atoms with Crippen molar-refractivity contribution in [1.29, 1.82) is 0 Å². The molecule has 5 nitrogen and oxygen atoms in total. The van der Waals surface area contributed by atoms with Crippen LogP contribution in [0, 0.1) is 11.8 Å². The van der Waals surface area contributed by atoms with Gasteiger partial charge in [-0.15, -0.1) is 0 Å². The van der Waals surface area contributed by atoms with Gasteiger partial charge in [-0.2, -0.15) is 0 Å². The molecule has 0 aliphatic rings. The normalized spacial score (nSPS) is 13.1. The van der Waals surface area contributed by atoms with Gasteiger partial charge in [-0.3, -0.25) is 14.5 Å². The van der Waals surface area contributed by atoms with Gasteiger partial charge >= 0.3 is 11.9 Å². The minimum Gasteiger partial charge on any atom is -0.465 e. The molecule has 2 atom stereocenters. The molecular weight excluding hydrogens is 655 g/mol. The minimum atomic E-state index is 0.0672. The first-order valence-corrected chi connectivity index (χ1v) is 23.8. The van der Waals surface area contributed by atoms with E-state index < -0.39 is 0 Å². The lowest BCUT2D eigenvalue weighted by molar-refractivity contribution is -0.150. The summed E-state index contributed by atoms with van der Waals surface area (Å²) in [4.78, 5) is 28.6. The van der Waals surface area contributed by atoms with Crippen molar-refractivity contribution in [1.82, 2.24) is 4.90 Å². The van der Waals surface area contributed by atoms with E-state index in [1.165, 1.54) is 128 Å². The first kappa shape index (κ1) is 51.9. The monoisotopic (exact) mass is 750 g/mol. The highest BCUT2D eigenvalue weighted by Gasteiger charge is 2.22. The Morgan fingerprint density at radius 2 is 0.660 bits per heavy atom. The van der Waals surface area contributed by atoms with Gasteiger partial charge in [0.25, 0.3) is 0 Å². The molecule has 0 N–H and O–H groups in total. The van der Waals surface area contributed by atoms with Crippen LogP contribution in [0.4, 0.5) is 0 Å². The van der Waals surface area contributed by atoms with Crippen LogP contribution in [0.2, 0.25) is 0 Å². The molecule has 2 unspecified atom stereocenters.